The minimum atomic E-state index is -0.158. The Labute approximate surface area is 100 Å². The Kier molecular flexibility index (Phi) is 4.97. The number of nitrogens with zero attached hydrogens (tertiary/aromatic N) is 1. The van der Waals surface area contributed by atoms with Gasteiger partial charge in [0, 0.05) is 18.4 Å². The molecule has 1 rings (SSSR count). The molecule has 0 aromatic carbocycles. The average Bonchev–Trinajstić information content (AvgIpc) is 2.16. The van der Waals surface area contributed by atoms with Gasteiger partial charge in [0.2, 0.25) is 0 Å². The molecular formula is C14H27NO. The first kappa shape index (κ1) is 13.7. The van der Waals surface area contributed by atoms with Gasteiger partial charge in [-0.2, -0.15) is 0 Å². The molecule has 0 amide bonds. The number of hydrogen-bond donors (Lipinski definition) is 0. The normalized spacial score (nSPS) is 23.4. The highest BCUT2D eigenvalue weighted by Crippen LogP contribution is 2.19. The van der Waals surface area contributed by atoms with Crippen molar-refractivity contribution >= 4 is 5.78 Å². The van der Waals surface area contributed by atoms with E-state index in [1.807, 2.05) is 20.8 Å². The Balaban J connectivity index is 2.18. The van der Waals surface area contributed by atoms with Crippen LogP contribution in [0.2, 0.25) is 0 Å². The van der Waals surface area contributed by atoms with Crippen LogP contribution >= 0.6 is 0 Å². The number of piperidine rings is 1. The SMILES string of the molecule is CC1CCCN(CCCC(=O)C(C)(C)C)C1. The Morgan fingerprint density at radius 2 is 2.06 bits per heavy atom. The molecule has 1 aliphatic heterocycles. The van der Waals surface area contributed by atoms with Crippen LogP contribution in [0.4, 0.5) is 0 Å². The Hall–Kier alpha value is -0.370. The van der Waals surface area contributed by atoms with Crippen LogP contribution in [0, 0.1) is 11.3 Å². The molecule has 0 spiro atoms. The minimum Gasteiger partial charge on any atom is -0.303 e. The summed E-state index contributed by atoms with van der Waals surface area (Å²) in [5.41, 5.74) is -0.158. The number of rotatable bonds is 4. The Bertz CT molecular complexity index is 229. The second-order valence-corrected chi connectivity index (χ2v) is 6.32. The highest BCUT2D eigenvalue weighted by Gasteiger charge is 2.21. The molecule has 1 aliphatic rings. The number of Topliss-reactive ketones (excluding diaryl/α,β-unsaturated/α-hetero) is 1. The van der Waals surface area contributed by atoms with E-state index in [4.69, 9.17) is 0 Å². The van der Waals surface area contributed by atoms with Gasteiger partial charge in [-0.05, 0) is 38.3 Å². The maximum absolute atomic E-state index is 11.8. The Morgan fingerprint density at radius 1 is 1.38 bits per heavy atom. The molecule has 1 fully saturated rings. The van der Waals surface area contributed by atoms with E-state index in [1.54, 1.807) is 0 Å². The quantitative estimate of drug-likeness (QED) is 0.732. The van der Waals surface area contributed by atoms with Crippen molar-refractivity contribution in [3.63, 3.8) is 0 Å². The maximum Gasteiger partial charge on any atom is 0.138 e. The van der Waals surface area contributed by atoms with Crippen molar-refractivity contribution in [3.8, 4) is 0 Å². The van der Waals surface area contributed by atoms with Gasteiger partial charge in [0.15, 0.2) is 0 Å². The van der Waals surface area contributed by atoms with Crippen LogP contribution in [0.5, 0.6) is 0 Å². The van der Waals surface area contributed by atoms with E-state index in [0.29, 0.717) is 5.78 Å². The summed E-state index contributed by atoms with van der Waals surface area (Å²) in [6.07, 6.45) is 4.48. The number of hydrogen-bond acceptors (Lipinski definition) is 2. The zero-order chi connectivity index (χ0) is 12.2. The summed E-state index contributed by atoms with van der Waals surface area (Å²) < 4.78 is 0. The Morgan fingerprint density at radius 3 is 2.62 bits per heavy atom. The van der Waals surface area contributed by atoms with Gasteiger partial charge < -0.3 is 4.90 Å². The average molecular weight is 225 g/mol. The topological polar surface area (TPSA) is 20.3 Å². The fourth-order valence-corrected chi connectivity index (χ4v) is 2.33. The van der Waals surface area contributed by atoms with Crippen LogP contribution in [-0.2, 0) is 4.79 Å². The molecule has 0 bridgehead atoms. The predicted molar refractivity (Wildman–Crippen MR) is 68.5 cm³/mol. The molecule has 0 radical (unpaired) electrons. The first-order chi connectivity index (χ1) is 7.39. The van der Waals surface area contributed by atoms with Gasteiger partial charge in [0.05, 0.1) is 0 Å². The monoisotopic (exact) mass is 225 g/mol. The largest absolute Gasteiger partial charge is 0.303 e. The lowest BCUT2D eigenvalue weighted by Crippen LogP contribution is -2.35. The van der Waals surface area contributed by atoms with Crippen molar-refractivity contribution < 1.29 is 4.79 Å². The van der Waals surface area contributed by atoms with Gasteiger partial charge in [0.1, 0.15) is 5.78 Å². The van der Waals surface area contributed by atoms with Gasteiger partial charge in [-0.15, -0.1) is 0 Å². The van der Waals surface area contributed by atoms with Crippen molar-refractivity contribution in [1.82, 2.24) is 4.90 Å². The molecule has 1 heterocycles. The lowest BCUT2D eigenvalue weighted by molar-refractivity contribution is -0.126. The van der Waals surface area contributed by atoms with E-state index < -0.39 is 0 Å². The van der Waals surface area contributed by atoms with Gasteiger partial charge in [-0.25, -0.2) is 0 Å². The third-order valence-corrected chi connectivity index (χ3v) is 3.46. The zero-order valence-corrected chi connectivity index (χ0v) is 11.4. The third kappa shape index (κ3) is 4.65. The summed E-state index contributed by atoms with van der Waals surface area (Å²) in [5.74, 6) is 1.24. The number of ketones is 1. The van der Waals surface area contributed by atoms with E-state index in [2.05, 4.69) is 11.8 Å². The van der Waals surface area contributed by atoms with Crippen LogP contribution in [0.1, 0.15) is 53.4 Å². The summed E-state index contributed by atoms with van der Waals surface area (Å²) in [7, 11) is 0. The van der Waals surface area contributed by atoms with Gasteiger partial charge in [0.25, 0.3) is 0 Å². The molecule has 94 valence electrons. The minimum absolute atomic E-state index is 0.158. The van der Waals surface area contributed by atoms with Crippen molar-refractivity contribution in [2.24, 2.45) is 11.3 Å². The lowest BCUT2D eigenvalue weighted by Gasteiger charge is -2.30. The van der Waals surface area contributed by atoms with E-state index in [-0.39, 0.29) is 5.41 Å². The third-order valence-electron chi connectivity index (χ3n) is 3.46. The number of carbonyl (C=O) groups excluding carboxylic acids is 1. The van der Waals surface area contributed by atoms with E-state index in [1.165, 1.54) is 25.9 Å². The lowest BCUT2D eigenvalue weighted by atomic mass is 9.88. The van der Waals surface area contributed by atoms with Gasteiger partial charge in [-0.3, -0.25) is 4.79 Å². The molecule has 2 heteroatoms. The maximum atomic E-state index is 11.8. The molecule has 0 aromatic heterocycles. The van der Waals surface area contributed by atoms with Crippen LogP contribution in [0.25, 0.3) is 0 Å². The number of likely N-dealkylation sites (tertiary alicyclic amines) is 1. The first-order valence-electron chi connectivity index (χ1n) is 6.65. The summed E-state index contributed by atoms with van der Waals surface area (Å²) in [6.45, 7) is 11.9. The molecule has 1 saturated heterocycles. The van der Waals surface area contributed by atoms with E-state index in [9.17, 15) is 4.79 Å². The zero-order valence-electron chi connectivity index (χ0n) is 11.4. The number of carbonyl (C=O) groups is 1. The first-order valence-corrected chi connectivity index (χ1v) is 6.65. The van der Waals surface area contributed by atoms with E-state index >= 15 is 0 Å². The van der Waals surface area contributed by atoms with Crippen molar-refractivity contribution in [3.05, 3.63) is 0 Å². The van der Waals surface area contributed by atoms with Gasteiger partial charge >= 0.3 is 0 Å². The second kappa shape index (κ2) is 5.81. The molecular weight excluding hydrogens is 198 g/mol. The highest BCUT2D eigenvalue weighted by molar-refractivity contribution is 5.83. The van der Waals surface area contributed by atoms with Crippen molar-refractivity contribution in [2.75, 3.05) is 19.6 Å². The molecule has 0 aliphatic carbocycles. The fraction of sp³-hybridized carbons (Fsp3) is 0.929. The molecule has 0 saturated carbocycles. The summed E-state index contributed by atoms with van der Waals surface area (Å²) in [4.78, 5) is 14.3. The smallest absolute Gasteiger partial charge is 0.138 e. The highest BCUT2D eigenvalue weighted by atomic mass is 16.1. The molecule has 2 nitrogen and oxygen atoms in total. The standard InChI is InChI=1S/C14H27NO/c1-12-7-5-9-15(11-12)10-6-8-13(16)14(2,3)4/h12H,5-11H2,1-4H3. The van der Waals surface area contributed by atoms with Gasteiger partial charge in [-0.1, -0.05) is 27.7 Å². The van der Waals surface area contributed by atoms with Crippen molar-refractivity contribution in [1.29, 1.82) is 0 Å². The van der Waals surface area contributed by atoms with Crippen LogP contribution in [0.3, 0.4) is 0 Å². The summed E-state index contributed by atoms with van der Waals surface area (Å²) >= 11 is 0. The fourth-order valence-electron chi connectivity index (χ4n) is 2.33. The molecule has 16 heavy (non-hydrogen) atoms. The van der Waals surface area contributed by atoms with Crippen LogP contribution < -0.4 is 0 Å². The van der Waals surface area contributed by atoms with E-state index in [0.717, 1.165) is 25.3 Å². The molecule has 1 atom stereocenters. The van der Waals surface area contributed by atoms with Crippen molar-refractivity contribution in [2.45, 2.75) is 53.4 Å². The van der Waals surface area contributed by atoms with Crippen LogP contribution in [0.15, 0.2) is 0 Å². The molecule has 1 unspecified atom stereocenters. The van der Waals surface area contributed by atoms with Crippen LogP contribution in [-0.4, -0.2) is 30.3 Å². The molecule has 0 N–H and O–H groups in total. The summed E-state index contributed by atoms with van der Waals surface area (Å²) in [6, 6.07) is 0. The predicted octanol–water partition coefficient (Wildman–Crippen LogP) is 3.11. The summed E-state index contributed by atoms with van der Waals surface area (Å²) in [5, 5.41) is 0. The molecule has 0 aromatic rings. The second-order valence-electron chi connectivity index (χ2n) is 6.32.